The highest BCUT2D eigenvalue weighted by Gasteiger charge is 2.51. The number of hydrogen-bond acceptors (Lipinski definition) is 7. The first-order valence-electron chi connectivity index (χ1n) is 12.0. The molecule has 37 heavy (non-hydrogen) atoms. The molecule has 2 saturated heterocycles. The Labute approximate surface area is 219 Å². The molecule has 4 rings (SSSR count). The van der Waals surface area contributed by atoms with Crippen LogP contribution < -0.4 is 10.8 Å². The van der Waals surface area contributed by atoms with E-state index in [0.717, 1.165) is 25.0 Å². The molecule has 0 aromatic heterocycles. The second kappa shape index (κ2) is 11.9. The zero-order valence-corrected chi connectivity index (χ0v) is 21.6. The first-order chi connectivity index (χ1) is 17.7. The zero-order valence-electron chi connectivity index (χ0n) is 20.0. The molecule has 8 nitrogen and oxygen atoms in total. The van der Waals surface area contributed by atoms with Crippen molar-refractivity contribution in [3.8, 4) is 0 Å². The summed E-state index contributed by atoms with van der Waals surface area (Å²) < 4.78 is 64.1. The van der Waals surface area contributed by atoms with Gasteiger partial charge in [-0.3, -0.25) is 4.79 Å². The van der Waals surface area contributed by atoms with Crippen molar-refractivity contribution >= 4 is 38.6 Å². The average molecular weight is 555 g/mol. The minimum atomic E-state index is -4.18. The quantitative estimate of drug-likeness (QED) is 0.391. The summed E-state index contributed by atoms with van der Waals surface area (Å²) in [7, 11) is -4.18. The summed E-state index contributed by atoms with van der Waals surface area (Å²) in [5.74, 6) is -2.31. The maximum atomic E-state index is 14.0. The molecule has 0 bridgehead atoms. The SMILES string of the molecule is O=C(NOC1CCCCO1)C1(S(=O)(=O)c2ccc(NC(=S)c3ccc(F)cc3F)cc2)CCCOCC1. The summed E-state index contributed by atoms with van der Waals surface area (Å²) in [5, 5.41) is 2.82. The van der Waals surface area contributed by atoms with Gasteiger partial charge in [-0.25, -0.2) is 27.5 Å². The topological polar surface area (TPSA) is 103 Å². The van der Waals surface area contributed by atoms with E-state index < -0.39 is 38.4 Å². The lowest BCUT2D eigenvalue weighted by Crippen LogP contribution is -2.53. The number of anilines is 1. The molecule has 2 atom stereocenters. The van der Waals surface area contributed by atoms with Crippen LogP contribution in [0.3, 0.4) is 0 Å². The van der Waals surface area contributed by atoms with Gasteiger partial charge in [0, 0.05) is 43.6 Å². The van der Waals surface area contributed by atoms with Crippen LogP contribution >= 0.6 is 12.2 Å². The minimum Gasteiger partial charge on any atom is -0.381 e. The Balaban J connectivity index is 1.53. The van der Waals surface area contributed by atoms with Gasteiger partial charge in [0.15, 0.2) is 20.9 Å². The van der Waals surface area contributed by atoms with Crippen LogP contribution in [0.4, 0.5) is 14.5 Å². The Hall–Kier alpha value is -2.51. The van der Waals surface area contributed by atoms with Gasteiger partial charge >= 0.3 is 0 Å². The number of ether oxygens (including phenoxy) is 2. The van der Waals surface area contributed by atoms with E-state index in [9.17, 15) is 22.0 Å². The number of halogens is 2. The zero-order chi connectivity index (χ0) is 26.5. The van der Waals surface area contributed by atoms with Crippen molar-refractivity contribution in [1.82, 2.24) is 5.48 Å². The van der Waals surface area contributed by atoms with E-state index in [1.807, 2.05) is 0 Å². The van der Waals surface area contributed by atoms with Crippen molar-refractivity contribution in [2.45, 2.75) is 54.5 Å². The van der Waals surface area contributed by atoms with Crippen LogP contribution in [0.5, 0.6) is 0 Å². The molecule has 12 heteroatoms. The lowest BCUT2D eigenvalue weighted by atomic mass is 9.99. The van der Waals surface area contributed by atoms with Crippen LogP contribution in [0.2, 0.25) is 0 Å². The third-order valence-electron chi connectivity index (χ3n) is 6.47. The van der Waals surface area contributed by atoms with E-state index in [0.29, 0.717) is 31.7 Å². The smallest absolute Gasteiger partial charge is 0.265 e. The number of rotatable bonds is 7. The molecule has 2 aromatic carbocycles. The predicted octanol–water partition coefficient (Wildman–Crippen LogP) is 4.04. The Morgan fingerprint density at radius 2 is 1.81 bits per heavy atom. The fraction of sp³-hybridized carbons (Fsp3) is 0.440. The monoisotopic (exact) mass is 554 g/mol. The summed E-state index contributed by atoms with van der Waals surface area (Å²) in [4.78, 5) is 18.7. The minimum absolute atomic E-state index is 0.00382. The predicted molar refractivity (Wildman–Crippen MR) is 136 cm³/mol. The fourth-order valence-corrected chi connectivity index (χ4v) is 6.65. The fourth-order valence-electron chi connectivity index (χ4n) is 4.37. The first-order valence-corrected chi connectivity index (χ1v) is 13.9. The molecule has 2 unspecified atom stereocenters. The van der Waals surface area contributed by atoms with E-state index in [1.54, 1.807) is 0 Å². The number of benzene rings is 2. The number of thiocarbonyl (C=S) groups is 1. The number of carbonyl (C=O) groups is 1. The van der Waals surface area contributed by atoms with Crippen molar-refractivity contribution in [3.63, 3.8) is 0 Å². The van der Waals surface area contributed by atoms with Gasteiger partial charge in [0.25, 0.3) is 5.91 Å². The molecule has 2 aliphatic heterocycles. The molecular formula is C25H28F2N2O6S2. The Kier molecular flexibility index (Phi) is 8.86. The van der Waals surface area contributed by atoms with Crippen molar-refractivity contribution in [2.75, 3.05) is 25.1 Å². The number of nitrogens with one attached hydrogen (secondary N) is 2. The molecular weight excluding hydrogens is 526 g/mol. The third-order valence-corrected chi connectivity index (χ3v) is 9.30. The normalized spacial score (nSPS) is 22.6. The van der Waals surface area contributed by atoms with Crippen molar-refractivity contribution in [2.24, 2.45) is 0 Å². The van der Waals surface area contributed by atoms with E-state index in [1.165, 1.54) is 30.3 Å². The Morgan fingerprint density at radius 1 is 1.03 bits per heavy atom. The molecule has 0 spiro atoms. The van der Waals surface area contributed by atoms with Crippen LogP contribution in [0.1, 0.15) is 44.1 Å². The highest BCUT2D eigenvalue weighted by Crippen LogP contribution is 2.36. The second-order valence-corrected chi connectivity index (χ2v) is 11.6. The van der Waals surface area contributed by atoms with Crippen molar-refractivity contribution < 1.29 is 36.3 Å². The van der Waals surface area contributed by atoms with E-state index in [2.05, 4.69) is 10.8 Å². The molecule has 200 valence electrons. The van der Waals surface area contributed by atoms with E-state index >= 15 is 0 Å². The summed E-state index contributed by atoms with van der Waals surface area (Å²) in [6, 6.07) is 8.67. The highest BCUT2D eigenvalue weighted by molar-refractivity contribution is 7.93. The summed E-state index contributed by atoms with van der Waals surface area (Å²) >= 11 is 5.21. The number of amides is 1. The maximum Gasteiger partial charge on any atom is 0.265 e. The summed E-state index contributed by atoms with van der Waals surface area (Å²) in [6.45, 7) is 0.955. The molecule has 0 saturated carbocycles. The number of hydroxylamine groups is 1. The van der Waals surface area contributed by atoms with Gasteiger partial charge in [-0.05, 0) is 68.5 Å². The van der Waals surface area contributed by atoms with Crippen LogP contribution in [-0.2, 0) is 28.9 Å². The van der Waals surface area contributed by atoms with Crippen molar-refractivity contribution in [3.05, 3.63) is 59.7 Å². The maximum absolute atomic E-state index is 14.0. The number of sulfone groups is 1. The van der Waals surface area contributed by atoms with Gasteiger partial charge < -0.3 is 14.8 Å². The third kappa shape index (κ3) is 6.15. The van der Waals surface area contributed by atoms with Gasteiger partial charge in [-0.15, -0.1) is 0 Å². The second-order valence-electron chi connectivity index (χ2n) is 8.91. The highest BCUT2D eigenvalue weighted by atomic mass is 32.2. The average Bonchev–Trinajstić information content (AvgIpc) is 3.16. The van der Waals surface area contributed by atoms with E-state index in [-0.39, 0.29) is 34.9 Å². The van der Waals surface area contributed by atoms with Crippen LogP contribution in [-0.4, -0.2) is 50.2 Å². The summed E-state index contributed by atoms with van der Waals surface area (Å²) in [6.07, 6.45) is 2.16. The van der Waals surface area contributed by atoms with Gasteiger partial charge in [-0.2, -0.15) is 0 Å². The van der Waals surface area contributed by atoms with Gasteiger partial charge in [-0.1, -0.05) is 12.2 Å². The summed E-state index contributed by atoms with van der Waals surface area (Å²) in [5.41, 5.74) is 2.74. The molecule has 2 aromatic rings. The standard InChI is InChI=1S/C25H28F2N2O6S2/c26-17-5-10-20(21(27)16-17)23(36)28-18-6-8-19(9-7-18)37(31,32)25(11-3-13-33-15-12-25)24(30)29-35-22-4-1-2-14-34-22/h5-10,16,22H,1-4,11-15H2,(H,28,36)(H,29,30). The largest absolute Gasteiger partial charge is 0.381 e. The molecule has 2 fully saturated rings. The van der Waals surface area contributed by atoms with Crippen LogP contribution in [0, 0.1) is 11.6 Å². The van der Waals surface area contributed by atoms with Crippen molar-refractivity contribution in [1.29, 1.82) is 0 Å². The number of carbonyl (C=O) groups excluding carboxylic acids is 1. The Morgan fingerprint density at radius 3 is 2.51 bits per heavy atom. The lowest BCUT2D eigenvalue weighted by molar-refractivity contribution is -0.201. The van der Waals surface area contributed by atoms with Gasteiger partial charge in [0.05, 0.1) is 4.90 Å². The van der Waals surface area contributed by atoms with Crippen LogP contribution in [0.15, 0.2) is 47.4 Å². The molecule has 1 amide bonds. The molecule has 2 N–H and O–H groups in total. The van der Waals surface area contributed by atoms with Gasteiger partial charge in [0.1, 0.15) is 16.6 Å². The van der Waals surface area contributed by atoms with Crippen LogP contribution in [0.25, 0.3) is 0 Å². The number of hydrogen-bond donors (Lipinski definition) is 2. The van der Waals surface area contributed by atoms with Gasteiger partial charge in [0.2, 0.25) is 0 Å². The lowest BCUT2D eigenvalue weighted by Gasteiger charge is -2.31. The molecule has 2 aliphatic rings. The molecule has 2 heterocycles. The van der Waals surface area contributed by atoms with E-state index in [4.69, 9.17) is 26.5 Å². The molecule has 0 aliphatic carbocycles. The Bertz CT molecular complexity index is 1230. The first kappa shape index (κ1) is 27.5. The molecule has 0 radical (unpaired) electrons.